The summed E-state index contributed by atoms with van der Waals surface area (Å²) in [4.78, 5) is 2.41. The van der Waals surface area contributed by atoms with Gasteiger partial charge in [0.05, 0.1) is 5.69 Å². The highest BCUT2D eigenvalue weighted by Gasteiger charge is 2.16. The lowest BCUT2D eigenvalue weighted by atomic mass is 10.2. The number of piperazine rings is 1. The van der Waals surface area contributed by atoms with E-state index in [2.05, 4.69) is 15.3 Å². The molecule has 0 radical (unpaired) electrons. The van der Waals surface area contributed by atoms with E-state index in [9.17, 15) is 0 Å². The van der Waals surface area contributed by atoms with Gasteiger partial charge in [-0.05, 0) is 6.92 Å². The molecule has 2 rings (SSSR count). The first-order valence-corrected chi connectivity index (χ1v) is 5.67. The first-order valence-electron chi connectivity index (χ1n) is 5.29. The highest BCUT2D eigenvalue weighted by molar-refractivity contribution is 6.30. The summed E-state index contributed by atoms with van der Waals surface area (Å²) in [6.07, 6.45) is 0. The maximum absolute atomic E-state index is 6.19. The van der Waals surface area contributed by atoms with Crippen LogP contribution in [0, 0.1) is 6.92 Å². The van der Waals surface area contributed by atoms with Crippen LogP contribution in [-0.4, -0.2) is 40.9 Å². The van der Waals surface area contributed by atoms with Crippen LogP contribution in [-0.2, 0) is 13.6 Å². The molecule has 15 heavy (non-hydrogen) atoms. The van der Waals surface area contributed by atoms with Gasteiger partial charge in [0.2, 0.25) is 0 Å². The Morgan fingerprint density at radius 3 is 2.60 bits per heavy atom. The number of aromatic nitrogens is 2. The van der Waals surface area contributed by atoms with Gasteiger partial charge in [0.15, 0.2) is 0 Å². The van der Waals surface area contributed by atoms with Gasteiger partial charge < -0.3 is 5.32 Å². The second kappa shape index (κ2) is 4.51. The normalized spacial score (nSPS) is 18.3. The predicted molar refractivity (Wildman–Crippen MR) is 61.1 cm³/mol. The van der Waals surface area contributed by atoms with E-state index in [0.717, 1.165) is 43.6 Å². The van der Waals surface area contributed by atoms with Crippen molar-refractivity contribution in [1.29, 1.82) is 0 Å². The average molecular weight is 229 g/mol. The average Bonchev–Trinajstić information content (AvgIpc) is 2.47. The van der Waals surface area contributed by atoms with Crippen LogP contribution in [0.3, 0.4) is 0 Å². The Bertz CT molecular complexity index is 341. The van der Waals surface area contributed by atoms with Crippen LogP contribution in [0.1, 0.15) is 11.3 Å². The first-order chi connectivity index (χ1) is 7.18. The molecule has 1 fully saturated rings. The zero-order chi connectivity index (χ0) is 10.8. The second-order valence-electron chi connectivity index (χ2n) is 4.00. The molecule has 4 nitrogen and oxygen atoms in total. The third-order valence-electron chi connectivity index (χ3n) is 2.86. The number of rotatable bonds is 2. The number of aryl methyl sites for hydroxylation is 2. The lowest BCUT2D eigenvalue weighted by Gasteiger charge is -2.27. The largest absolute Gasteiger partial charge is 0.314 e. The molecule has 1 N–H and O–H groups in total. The van der Waals surface area contributed by atoms with Crippen LogP contribution in [0.4, 0.5) is 0 Å². The maximum Gasteiger partial charge on any atom is 0.131 e. The van der Waals surface area contributed by atoms with Gasteiger partial charge in [-0.1, -0.05) is 11.6 Å². The van der Waals surface area contributed by atoms with Crippen molar-refractivity contribution in [2.24, 2.45) is 7.05 Å². The van der Waals surface area contributed by atoms with E-state index in [4.69, 9.17) is 11.6 Å². The Balaban J connectivity index is 2.09. The molecular weight excluding hydrogens is 212 g/mol. The van der Waals surface area contributed by atoms with Crippen LogP contribution in [0.2, 0.25) is 5.15 Å². The lowest BCUT2D eigenvalue weighted by molar-refractivity contribution is 0.233. The van der Waals surface area contributed by atoms with Crippen molar-refractivity contribution in [3.63, 3.8) is 0 Å². The Hall–Kier alpha value is -0.580. The summed E-state index contributed by atoms with van der Waals surface area (Å²) in [5.74, 6) is 0. The summed E-state index contributed by atoms with van der Waals surface area (Å²) in [6, 6.07) is 0. The molecule has 0 aliphatic carbocycles. The van der Waals surface area contributed by atoms with Crippen molar-refractivity contribution in [3.8, 4) is 0 Å². The number of halogens is 1. The van der Waals surface area contributed by atoms with Crippen molar-refractivity contribution in [2.75, 3.05) is 26.2 Å². The molecule has 0 aromatic carbocycles. The highest BCUT2D eigenvalue weighted by Crippen LogP contribution is 2.20. The number of nitrogens with zero attached hydrogens (tertiary/aromatic N) is 3. The minimum atomic E-state index is 0.769. The molecule has 1 saturated heterocycles. The summed E-state index contributed by atoms with van der Waals surface area (Å²) in [7, 11) is 1.89. The van der Waals surface area contributed by atoms with Crippen molar-refractivity contribution < 1.29 is 0 Å². The first kappa shape index (κ1) is 10.9. The third-order valence-corrected chi connectivity index (χ3v) is 3.33. The van der Waals surface area contributed by atoms with E-state index in [-0.39, 0.29) is 0 Å². The SMILES string of the molecule is Cc1nn(C)c(Cl)c1CN1CCNCC1. The summed E-state index contributed by atoms with van der Waals surface area (Å²) < 4.78 is 1.74. The Kier molecular flexibility index (Phi) is 3.29. The van der Waals surface area contributed by atoms with Crippen molar-refractivity contribution in [1.82, 2.24) is 20.0 Å². The van der Waals surface area contributed by atoms with Gasteiger partial charge in [-0.25, -0.2) is 0 Å². The molecule has 0 saturated carbocycles. The van der Waals surface area contributed by atoms with Gasteiger partial charge in [0, 0.05) is 45.3 Å². The minimum absolute atomic E-state index is 0.769. The lowest BCUT2D eigenvalue weighted by Crippen LogP contribution is -2.42. The highest BCUT2D eigenvalue weighted by atomic mass is 35.5. The van der Waals surface area contributed by atoms with Crippen LogP contribution in [0.5, 0.6) is 0 Å². The van der Waals surface area contributed by atoms with Crippen LogP contribution >= 0.6 is 11.6 Å². The Morgan fingerprint density at radius 1 is 1.40 bits per heavy atom. The summed E-state index contributed by atoms with van der Waals surface area (Å²) in [5, 5.41) is 8.43. The van der Waals surface area contributed by atoms with Gasteiger partial charge >= 0.3 is 0 Å². The second-order valence-corrected chi connectivity index (χ2v) is 4.36. The topological polar surface area (TPSA) is 33.1 Å². The fourth-order valence-electron chi connectivity index (χ4n) is 1.95. The van der Waals surface area contributed by atoms with Gasteiger partial charge in [-0.15, -0.1) is 0 Å². The summed E-state index contributed by atoms with van der Waals surface area (Å²) in [5.41, 5.74) is 2.21. The summed E-state index contributed by atoms with van der Waals surface area (Å²) >= 11 is 6.19. The number of hydrogen-bond acceptors (Lipinski definition) is 3. The van der Waals surface area contributed by atoms with E-state index in [1.165, 1.54) is 5.56 Å². The van der Waals surface area contributed by atoms with E-state index in [1.807, 2.05) is 14.0 Å². The van der Waals surface area contributed by atoms with Crippen molar-refractivity contribution in [3.05, 3.63) is 16.4 Å². The predicted octanol–water partition coefficient (Wildman–Crippen LogP) is 0.787. The zero-order valence-electron chi connectivity index (χ0n) is 9.26. The van der Waals surface area contributed by atoms with E-state index >= 15 is 0 Å². The van der Waals surface area contributed by atoms with E-state index < -0.39 is 0 Å². The minimum Gasteiger partial charge on any atom is -0.314 e. The van der Waals surface area contributed by atoms with Gasteiger partial charge in [0.1, 0.15) is 5.15 Å². The van der Waals surface area contributed by atoms with Crippen LogP contribution < -0.4 is 5.32 Å². The van der Waals surface area contributed by atoms with Gasteiger partial charge in [-0.3, -0.25) is 9.58 Å². The quantitative estimate of drug-likeness (QED) is 0.813. The molecule has 1 aliphatic heterocycles. The molecular formula is C10H17ClN4. The smallest absolute Gasteiger partial charge is 0.131 e. The zero-order valence-corrected chi connectivity index (χ0v) is 10.0. The Morgan fingerprint density at radius 2 is 2.07 bits per heavy atom. The summed E-state index contributed by atoms with van der Waals surface area (Å²) in [6.45, 7) is 7.24. The third kappa shape index (κ3) is 2.33. The molecule has 1 aromatic heterocycles. The van der Waals surface area contributed by atoms with Gasteiger partial charge in [-0.2, -0.15) is 5.10 Å². The molecule has 1 aromatic rings. The van der Waals surface area contributed by atoms with Crippen molar-refractivity contribution >= 4 is 11.6 Å². The van der Waals surface area contributed by atoms with Crippen LogP contribution in [0.25, 0.3) is 0 Å². The van der Waals surface area contributed by atoms with E-state index in [0.29, 0.717) is 0 Å². The van der Waals surface area contributed by atoms with Crippen molar-refractivity contribution in [2.45, 2.75) is 13.5 Å². The molecule has 0 amide bonds. The van der Waals surface area contributed by atoms with E-state index in [1.54, 1.807) is 4.68 Å². The number of nitrogens with one attached hydrogen (secondary N) is 1. The number of hydrogen-bond donors (Lipinski definition) is 1. The molecule has 5 heteroatoms. The van der Waals surface area contributed by atoms with Crippen LogP contribution in [0.15, 0.2) is 0 Å². The molecule has 0 unspecified atom stereocenters. The maximum atomic E-state index is 6.19. The monoisotopic (exact) mass is 228 g/mol. The molecule has 0 atom stereocenters. The molecule has 0 bridgehead atoms. The van der Waals surface area contributed by atoms with Gasteiger partial charge in [0.25, 0.3) is 0 Å². The molecule has 0 spiro atoms. The Labute approximate surface area is 95.2 Å². The fourth-order valence-corrected chi connectivity index (χ4v) is 2.18. The fraction of sp³-hybridized carbons (Fsp3) is 0.700. The molecule has 84 valence electrons. The molecule has 2 heterocycles. The molecule has 1 aliphatic rings. The standard InChI is InChI=1S/C10H17ClN4/c1-8-9(10(11)14(2)13-8)7-15-5-3-12-4-6-15/h12H,3-7H2,1-2H3.